The number of benzene rings is 2. The molecule has 0 fully saturated rings. The zero-order valence-corrected chi connectivity index (χ0v) is 11.3. The van der Waals surface area contributed by atoms with Gasteiger partial charge in [-0.3, -0.25) is 0 Å². The van der Waals surface area contributed by atoms with E-state index in [2.05, 4.69) is 45.4 Å². The monoisotopic (exact) mass is 289 g/mol. The van der Waals surface area contributed by atoms with Gasteiger partial charge in [-0.1, -0.05) is 0 Å². The van der Waals surface area contributed by atoms with Crippen LogP contribution in [0.4, 0.5) is 11.4 Å². The van der Waals surface area contributed by atoms with Crippen LogP contribution in [0.1, 0.15) is 5.56 Å². The molecule has 2 aromatic carbocycles. The van der Waals surface area contributed by atoms with Gasteiger partial charge in [-0.15, -0.1) is 0 Å². The van der Waals surface area contributed by atoms with Crippen LogP contribution in [0.25, 0.3) is 0 Å². The Morgan fingerprint density at radius 2 is 1.65 bits per heavy atom. The molecular formula is C14H13N2Se. The molecule has 17 heavy (non-hydrogen) atoms. The van der Waals surface area contributed by atoms with Gasteiger partial charge < -0.3 is 0 Å². The Labute approximate surface area is 110 Å². The van der Waals surface area contributed by atoms with E-state index in [1.54, 1.807) is 0 Å². The molecule has 0 unspecified atom stereocenters. The molecule has 0 spiro atoms. The van der Waals surface area contributed by atoms with Crippen LogP contribution in [-0.2, 0) is 0 Å². The first kappa shape index (κ1) is 11.9. The number of para-hydroxylation sites is 1. The minimum atomic E-state index is 0.764. The fraction of sp³-hybridized carbons (Fsp3) is 0.0714. The maximum atomic E-state index is 4.45. The van der Waals surface area contributed by atoms with Gasteiger partial charge >= 0.3 is 110 Å². The van der Waals surface area contributed by atoms with Crippen LogP contribution in [0.2, 0.25) is 0 Å². The molecule has 0 atom stereocenters. The van der Waals surface area contributed by atoms with Crippen LogP contribution < -0.4 is 5.32 Å². The summed E-state index contributed by atoms with van der Waals surface area (Å²) in [6.45, 7) is 2.06. The molecule has 2 aromatic rings. The van der Waals surface area contributed by atoms with Gasteiger partial charge in [0.1, 0.15) is 0 Å². The SMILES string of the molecule is Cc1ccc(N=C([Se])Nc2ccccc2)cc1. The fourth-order valence-corrected chi connectivity index (χ4v) is 1.88. The first-order valence-corrected chi connectivity index (χ1v) is 6.24. The van der Waals surface area contributed by atoms with Crippen molar-refractivity contribution in [2.45, 2.75) is 6.92 Å². The number of rotatable bonds is 2. The van der Waals surface area contributed by atoms with Crippen LogP contribution >= 0.6 is 0 Å². The van der Waals surface area contributed by atoms with E-state index in [0.29, 0.717) is 0 Å². The molecule has 0 aliphatic heterocycles. The van der Waals surface area contributed by atoms with Crippen molar-refractivity contribution in [2.24, 2.45) is 4.99 Å². The van der Waals surface area contributed by atoms with E-state index in [4.69, 9.17) is 0 Å². The third-order valence-electron chi connectivity index (χ3n) is 2.29. The van der Waals surface area contributed by atoms with Crippen molar-refractivity contribution < 1.29 is 0 Å². The van der Waals surface area contributed by atoms with Crippen LogP contribution in [0.15, 0.2) is 59.6 Å². The van der Waals surface area contributed by atoms with Gasteiger partial charge in [0.15, 0.2) is 0 Å². The summed E-state index contributed by atoms with van der Waals surface area (Å²) in [5, 5.41) is 3.20. The number of aliphatic imine (C=N–C) groups is 1. The van der Waals surface area contributed by atoms with E-state index in [9.17, 15) is 0 Å². The normalized spacial score (nSPS) is 11.2. The number of hydrogen-bond acceptors (Lipinski definition) is 1. The Kier molecular flexibility index (Phi) is 3.97. The predicted octanol–water partition coefficient (Wildman–Crippen LogP) is 3.26. The Morgan fingerprint density at radius 3 is 2.29 bits per heavy atom. The van der Waals surface area contributed by atoms with E-state index < -0.39 is 0 Å². The van der Waals surface area contributed by atoms with Gasteiger partial charge in [0, 0.05) is 0 Å². The van der Waals surface area contributed by atoms with Crippen molar-refractivity contribution in [1.29, 1.82) is 0 Å². The van der Waals surface area contributed by atoms with Gasteiger partial charge in [0.2, 0.25) is 0 Å². The van der Waals surface area contributed by atoms with Gasteiger partial charge in [0.25, 0.3) is 0 Å². The van der Waals surface area contributed by atoms with Crippen molar-refractivity contribution in [3.63, 3.8) is 0 Å². The quantitative estimate of drug-likeness (QED) is 0.512. The van der Waals surface area contributed by atoms with Crippen molar-refractivity contribution >= 4 is 32.1 Å². The average Bonchev–Trinajstić information content (AvgIpc) is 2.33. The van der Waals surface area contributed by atoms with E-state index in [0.717, 1.165) is 16.1 Å². The predicted molar refractivity (Wildman–Crippen MR) is 74.1 cm³/mol. The summed E-state index contributed by atoms with van der Waals surface area (Å²) < 4.78 is 0.764. The summed E-state index contributed by atoms with van der Waals surface area (Å²) >= 11 is 2.93. The third kappa shape index (κ3) is 3.74. The van der Waals surface area contributed by atoms with Crippen LogP contribution in [0.3, 0.4) is 0 Å². The topological polar surface area (TPSA) is 24.4 Å². The van der Waals surface area contributed by atoms with Crippen molar-refractivity contribution in [2.75, 3.05) is 5.32 Å². The first-order valence-electron chi connectivity index (χ1n) is 5.38. The van der Waals surface area contributed by atoms with Gasteiger partial charge in [-0.25, -0.2) is 0 Å². The number of aryl methyl sites for hydroxylation is 1. The first-order chi connectivity index (χ1) is 8.24. The van der Waals surface area contributed by atoms with Crippen molar-refractivity contribution in [3.05, 3.63) is 60.2 Å². The number of hydrogen-bond donors (Lipinski definition) is 1. The minimum absolute atomic E-state index is 0.764. The maximum absolute atomic E-state index is 4.45. The molecule has 1 radical (unpaired) electrons. The van der Waals surface area contributed by atoms with Crippen LogP contribution in [0, 0.1) is 6.92 Å². The standard InChI is InChI=1S/C14H13N2Se/c1-11-7-9-13(10-8-11)16-14(17)15-12-5-3-2-4-6-12/h2-10H,1H3,(H,15,16). The zero-order valence-electron chi connectivity index (χ0n) is 9.55. The molecular weight excluding hydrogens is 275 g/mol. The van der Waals surface area contributed by atoms with Crippen molar-refractivity contribution in [1.82, 2.24) is 0 Å². The Bertz CT molecular complexity index is 504. The van der Waals surface area contributed by atoms with Gasteiger partial charge in [-0.2, -0.15) is 0 Å². The number of nitrogens with zero attached hydrogens (tertiary/aromatic N) is 1. The summed E-state index contributed by atoms with van der Waals surface area (Å²) in [5.41, 5.74) is 3.20. The van der Waals surface area contributed by atoms with E-state index in [1.165, 1.54) is 5.56 Å². The molecule has 85 valence electrons. The second kappa shape index (κ2) is 5.67. The summed E-state index contributed by atoms with van der Waals surface area (Å²) in [4.78, 5) is 4.45. The molecule has 0 aromatic heterocycles. The molecule has 2 rings (SSSR count). The summed E-state index contributed by atoms with van der Waals surface area (Å²) in [5.74, 6) is 0. The van der Waals surface area contributed by atoms with Crippen molar-refractivity contribution in [3.8, 4) is 0 Å². The molecule has 0 aliphatic rings. The average molecular weight is 288 g/mol. The summed E-state index contributed by atoms with van der Waals surface area (Å²) in [6.07, 6.45) is 0. The Morgan fingerprint density at radius 1 is 1.00 bits per heavy atom. The number of nitrogens with one attached hydrogen (secondary N) is 1. The summed E-state index contributed by atoms with van der Waals surface area (Å²) in [6, 6.07) is 18.1. The molecule has 0 heterocycles. The molecule has 0 saturated heterocycles. The second-order valence-electron chi connectivity index (χ2n) is 3.74. The molecule has 0 amide bonds. The molecule has 3 heteroatoms. The third-order valence-corrected chi connectivity index (χ3v) is 2.70. The Hall–Kier alpha value is -1.57. The fourth-order valence-electron chi connectivity index (χ4n) is 1.41. The molecule has 0 bridgehead atoms. The molecule has 2 nitrogen and oxygen atoms in total. The van der Waals surface area contributed by atoms with Gasteiger partial charge in [0.05, 0.1) is 0 Å². The Balaban J connectivity index is 2.09. The number of anilines is 1. The van der Waals surface area contributed by atoms with E-state index in [1.807, 2.05) is 42.5 Å². The van der Waals surface area contributed by atoms with Gasteiger partial charge in [-0.05, 0) is 0 Å². The van der Waals surface area contributed by atoms with Crippen LogP contribution in [0.5, 0.6) is 0 Å². The molecule has 1 N–H and O–H groups in total. The summed E-state index contributed by atoms with van der Waals surface area (Å²) in [7, 11) is 0. The molecule has 0 aliphatic carbocycles. The molecule has 0 saturated carbocycles. The van der Waals surface area contributed by atoms with E-state index in [-0.39, 0.29) is 0 Å². The van der Waals surface area contributed by atoms with Crippen LogP contribution in [-0.4, -0.2) is 20.7 Å². The number of amidine groups is 1. The van der Waals surface area contributed by atoms with E-state index >= 15 is 0 Å². The zero-order chi connectivity index (χ0) is 12.1. The second-order valence-corrected chi connectivity index (χ2v) is 4.55.